The molecule has 0 bridgehead atoms. The van der Waals surface area contributed by atoms with Gasteiger partial charge in [0.05, 0.1) is 25.0 Å². The molecule has 1 aliphatic rings. The molecule has 0 spiro atoms. The number of carbonyl (C=O) groups is 1. The standard InChI is InChI=1S/C23H28F2N2O4/c1-16(22(28)27-20-10-2-3-11-21(20)31-23(24)25)26-18-8-6-7-17(13-18)14-29-15-19-9-4-5-12-30-19/h2-3,6-8,10-11,13,16,19,23,26H,4-5,9,12,14-15H2,1H3,(H,27,28). The Morgan fingerprint density at radius 1 is 1.19 bits per heavy atom. The van der Waals surface area contributed by atoms with Gasteiger partial charge in [-0.25, -0.2) is 0 Å². The highest BCUT2D eigenvalue weighted by molar-refractivity contribution is 5.97. The molecule has 1 heterocycles. The van der Waals surface area contributed by atoms with Gasteiger partial charge in [0, 0.05) is 12.3 Å². The van der Waals surface area contributed by atoms with Gasteiger partial charge in [-0.05, 0) is 56.0 Å². The second kappa shape index (κ2) is 11.6. The predicted molar refractivity (Wildman–Crippen MR) is 114 cm³/mol. The summed E-state index contributed by atoms with van der Waals surface area (Å²) >= 11 is 0. The summed E-state index contributed by atoms with van der Waals surface area (Å²) in [6.45, 7) is 0.537. The lowest BCUT2D eigenvalue weighted by Crippen LogP contribution is -2.32. The van der Waals surface area contributed by atoms with E-state index in [-0.39, 0.29) is 23.4 Å². The maximum absolute atomic E-state index is 12.6. The average Bonchev–Trinajstić information content (AvgIpc) is 2.76. The van der Waals surface area contributed by atoms with Crippen molar-refractivity contribution in [2.75, 3.05) is 23.8 Å². The van der Waals surface area contributed by atoms with Gasteiger partial charge in [-0.2, -0.15) is 8.78 Å². The summed E-state index contributed by atoms with van der Waals surface area (Å²) in [5.74, 6) is -0.458. The molecule has 2 aromatic rings. The Morgan fingerprint density at radius 2 is 2.03 bits per heavy atom. The molecular formula is C23H28F2N2O4. The molecule has 1 saturated heterocycles. The van der Waals surface area contributed by atoms with Gasteiger partial charge in [0.1, 0.15) is 11.8 Å². The lowest BCUT2D eigenvalue weighted by atomic mass is 10.1. The SMILES string of the molecule is CC(Nc1cccc(COCC2CCCCO2)c1)C(=O)Nc1ccccc1OC(F)F. The minimum atomic E-state index is -2.97. The molecule has 0 aliphatic carbocycles. The van der Waals surface area contributed by atoms with Gasteiger partial charge in [-0.15, -0.1) is 0 Å². The van der Waals surface area contributed by atoms with Crippen LogP contribution in [0.15, 0.2) is 48.5 Å². The summed E-state index contributed by atoms with van der Waals surface area (Å²) in [5.41, 5.74) is 1.92. The molecular weight excluding hydrogens is 406 g/mol. The summed E-state index contributed by atoms with van der Waals surface area (Å²) in [6.07, 6.45) is 3.47. The van der Waals surface area contributed by atoms with Crippen molar-refractivity contribution in [2.45, 2.75) is 51.6 Å². The molecule has 8 heteroatoms. The van der Waals surface area contributed by atoms with Crippen LogP contribution in [0.3, 0.4) is 0 Å². The fourth-order valence-electron chi connectivity index (χ4n) is 3.32. The van der Waals surface area contributed by atoms with Crippen LogP contribution in [0, 0.1) is 0 Å². The summed E-state index contributed by atoms with van der Waals surface area (Å²) in [5, 5.41) is 5.74. The topological polar surface area (TPSA) is 68.8 Å². The third-order valence-electron chi connectivity index (χ3n) is 4.91. The second-order valence-electron chi connectivity index (χ2n) is 7.43. The second-order valence-corrected chi connectivity index (χ2v) is 7.43. The molecule has 2 aromatic carbocycles. The number of nitrogens with one attached hydrogen (secondary N) is 2. The third-order valence-corrected chi connectivity index (χ3v) is 4.91. The normalized spacial score (nSPS) is 17.2. The summed E-state index contributed by atoms with van der Waals surface area (Å²) < 4.78 is 41.0. The van der Waals surface area contributed by atoms with Crippen molar-refractivity contribution in [3.8, 4) is 5.75 Å². The number of benzene rings is 2. The number of hydrogen-bond donors (Lipinski definition) is 2. The van der Waals surface area contributed by atoms with Crippen molar-refractivity contribution in [2.24, 2.45) is 0 Å². The van der Waals surface area contributed by atoms with E-state index in [0.29, 0.717) is 13.2 Å². The Balaban J connectivity index is 1.51. The van der Waals surface area contributed by atoms with Crippen LogP contribution in [-0.4, -0.2) is 37.9 Å². The van der Waals surface area contributed by atoms with Crippen LogP contribution in [0.4, 0.5) is 20.2 Å². The largest absolute Gasteiger partial charge is 0.433 e. The zero-order valence-corrected chi connectivity index (χ0v) is 17.5. The third kappa shape index (κ3) is 7.48. The monoisotopic (exact) mass is 434 g/mol. The van der Waals surface area contributed by atoms with E-state index in [4.69, 9.17) is 9.47 Å². The zero-order valence-electron chi connectivity index (χ0n) is 17.5. The highest BCUT2D eigenvalue weighted by Crippen LogP contribution is 2.26. The van der Waals surface area contributed by atoms with E-state index >= 15 is 0 Å². The predicted octanol–water partition coefficient (Wildman–Crippen LogP) is 4.81. The molecule has 3 rings (SSSR count). The van der Waals surface area contributed by atoms with Gasteiger partial charge in [0.2, 0.25) is 5.91 Å². The number of anilines is 2. The number of alkyl halides is 2. The fourth-order valence-corrected chi connectivity index (χ4v) is 3.32. The Hall–Kier alpha value is -2.71. The maximum Gasteiger partial charge on any atom is 0.387 e. The lowest BCUT2D eigenvalue weighted by molar-refractivity contribution is -0.116. The quantitative estimate of drug-likeness (QED) is 0.562. The highest BCUT2D eigenvalue weighted by atomic mass is 19.3. The number of hydrogen-bond acceptors (Lipinski definition) is 5. The minimum Gasteiger partial charge on any atom is -0.433 e. The molecule has 1 amide bonds. The minimum absolute atomic E-state index is 0.0841. The van der Waals surface area contributed by atoms with Crippen molar-refractivity contribution in [1.82, 2.24) is 0 Å². The van der Waals surface area contributed by atoms with Gasteiger partial charge in [0.15, 0.2) is 0 Å². The highest BCUT2D eigenvalue weighted by Gasteiger charge is 2.17. The van der Waals surface area contributed by atoms with Crippen molar-refractivity contribution >= 4 is 17.3 Å². The molecule has 31 heavy (non-hydrogen) atoms. The van der Waals surface area contributed by atoms with Crippen molar-refractivity contribution in [3.05, 3.63) is 54.1 Å². The van der Waals surface area contributed by atoms with Crippen LogP contribution in [0.1, 0.15) is 31.7 Å². The molecule has 2 N–H and O–H groups in total. The van der Waals surface area contributed by atoms with Gasteiger partial charge in [-0.1, -0.05) is 24.3 Å². The Labute approximate surface area is 180 Å². The average molecular weight is 434 g/mol. The van der Waals surface area contributed by atoms with E-state index in [1.165, 1.54) is 18.6 Å². The zero-order chi connectivity index (χ0) is 22.1. The van der Waals surface area contributed by atoms with E-state index < -0.39 is 12.7 Å². The number of halogens is 2. The van der Waals surface area contributed by atoms with Crippen LogP contribution in [0.5, 0.6) is 5.75 Å². The van der Waals surface area contributed by atoms with Gasteiger partial charge in [-0.3, -0.25) is 4.79 Å². The van der Waals surface area contributed by atoms with E-state index in [0.717, 1.165) is 30.7 Å². The summed E-state index contributed by atoms with van der Waals surface area (Å²) in [4.78, 5) is 12.5. The van der Waals surface area contributed by atoms with E-state index in [2.05, 4.69) is 15.4 Å². The maximum atomic E-state index is 12.6. The van der Waals surface area contributed by atoms with E-state index in [9.17, 15) is 13.6 Å². The first kappa shape index (κ1) is 23.0. The van der Waals surface area contributed by atoms with Gasteiger partial charge in [0.25, 0.3) is 0 Å². The Kier molecular flexibility index (Phi) is 8.61. The Morgan fingerprint density at radius 3 is 2.81 bits per heavy atom. The van der Waals surface area contributed by atoms with Crippen molar-refractivity contribution < 1.29 is 27.8 Å². The number of para-hydroxylation sites is 2. The van der Waals surface area contributed by atoms with Crippen molar-refractivity contribution in [3.63, 3.8) is 0 Å². The molecule has 168 valence electrons. The van der Waals surface area contributed by atoms with E-state index in [1.54, 1.807) is 19.1 Å². The summed E-state index contributed by atoms with van der Waals surface area (Å²) in [6, 6.07) is 13.1. The molecule has 0 aromatic heterocycles. The lowest BCUT2D eigenvalue weighted by Gasteiger charge is -2.22. The molecule has 1 fully saturated rings. The number of rotatable bonds is 10. The molecule has 0 saturated carbocycles. The molecule has 2 atom stereocenters. The van der Waals surface area contributed by atoms with Crippen LogP contribution < -0.4 is 15.4 Å². The molecule has 6 nitrogen and oxygen atoms in total. The van der Waals surface area contributed by atoms with Crippen LogP contribution in [-0.2, 0) is 20.9 Å². The first-order valence-corrected chi connectivity index (χ1v) is 10.4. The Bertz CT molecular complexity index is 844. The number of amides is 1. The van der Waals surface area contributed by atoms with E-state index in [1.807, 2.05) is 24.3 Å². The van der Waals surface area contributed by atoms with Crippen LogP contribution >= 0.6 is 0 Å². The molecule has 0 radical (unpaired) electrons. The van der Waals surface area contributed by atoms with Gasteiger partial charge < -0.3 is 24.8 Å². The first-order valence-electron chi connectivity index (χ1n) is 10.4. The van der Waals surface area contributed by atoms with Gasteiger partial charge >= 0.3 is 6.61 Å². The smallest absolute Gasteiger partial charge is 0.387 e. The number of ether oxygens (including phenoxy) is 3. The molecule has 2 unspecified atom stereocenters. The molecule has 1 aliphatic heterocycles. The van der Waals surface area contributed by atoms with Crippen LogP contribution in [0.25, 0.3) is 0 Å². The fraction of sp³-hybridized carbons (Fsp3) is 0.435. The number of carbonyl (C=O) groups excluding carboxylic acids is 1. The first-order chi connectivity index (χ1) is 15.0. The summed E-state index contributed by atoms with van der Waals surface area (Å²) in [7, 11) is 0. The van der Waals surface area contributed by atoms with Crippen molar-refractivity contribution in [1.29, 1.82) is 0 Å². The van der Waals surface area contributed by atoms with Crippen LogP contribution in [0.2, 0.25) is 0 Å².